The summed E-state index contributed by atoms with van der Waals surface area (Å²) in [7, 11) is -3.38. The van der Waals surface area contributed by atoms with Crippen LogP contribution in [0.5, 0.6) is 0 Å². The summed E-state index contributed by atoms with van der Waals surface area (Å²) in [5.74, 6) is -0.214. The molecule has 0 aromatic heterocycles. The Balaban J connectivity index is 2.24. The Morgan fingerprint density at radius 3 is 2.19 bits per heavy atom. The predicted octanol–water partition coefficient (Wildman–Crippen LogP) is 3.63. The first-order chi connectivity index (χ1) is 10.0. The first-order valence-electron chi connectivity index (χ1n) is 6.91. The third-order valence-corrected chi connectivity index (χ3v) is 4.71. The topological polar surface area (TPSA) is 46.5 Å². The largest absolute Gasteiger partial charge is 0.273 e. The number of aliphatic imine (C=N–C) groups is 1. The Hall–Kier alpha value is -1.94. The lowest BCUT2D eigenvalue weighted by Crippen LogP contribution is -2.08. The van der Waals surface area contributed by atoms with Crippen LogP contribution in [0.1, 0.15) is 24.5 Å². The highest BCUT2D eigenvalue weighted by molar-refractivity contribution is 7.91. The molecule has 0 heterocycles. The summed E-state index contributed by atoms with van der Waals surface area (Å²) in [4.78, 5) is 4.63. The highest BCUT2D eigenvalue weighted by Gasteiger charge is 2.13. The molecule has 110 valence electrons. The lowest BCUT2D eigenvalue weighted by Gasteiger charge is -2.06. The number of rotatable bonds is 5. The standard InChI is InChI=1S/C17H19NO2S/c1-3-17(15-7-5-4-6-8-15)18-13-21(19,20)16-11-9-14(2)10-12-16/h4-12H,3,13H2,1-2H3. The van der Waals surface area contributed by atoms with Crippen LogP contribution in [0.2, 0.25) is 0 Å². The van der Waals surface area contributed by atoms with Crippen LogP contribution in [0, 0.1) is 6.92 Å². The third kappa shape index (κ3) is 4.02. The van der Waals surface area contributed by atoms with E-state index in [0.29, 0.717) is 11.3 Å². The van der Waals surface area contributed by atoms with Crippen molar-refractivity contribution in [1.82, 2.24) is 0 Å². The van der Waals surface area contributed by atoms with Gasteiger partial charge in [0.05, 0.1) is 4.90 Å². The molecule has 21 heavy (non-hydrogen) atoms. The fourth-order valence-corrected chi connectivity index (χ4v) is 3.05. The van der Waals surface area contributed by atoms with Crippen molar-refractivity contribution < 1.29 is 8.42 Å². The second-order valence-corrected chi connectivity index (χ2v) is 6.84. The second-order valence-electron chi connectivity index (χ2n) is 4.88. The number of aryl methyl sites for hydroxylation is 1. The number of benzene rings is 2. The summed E-state index contributed by atoms with van der Waals surface area (Å²) >= 11 is 0. The highest BCUT2D eigenvalue weighted by atomic mass is 32.2. The van der Waals surface area contributed by atoms with Crippen LogP contribution in [0.25, 0.3) is 0 Å². The van der Waals surface area contributed by atoms with Crippen molar-refractivity contribution in [1.29, 1.82) is 0 Å². The van der Waals surface area contributed by atoms with Gasteiger partial charge in [0.15, 0.2) is 9.84 Å². The monoisotopic (exact) mass is 301 g/mol. The van der Waals surface area contributed by atoms with Gasteiger partial charge in [0.1, 0.15) is 5.88 Å². The molecule has 0 amide bonds. The van der Waals surface area contributed by atoms with E-state index in [2.05, 4.69) is 4.99 Å². The molecule has 4 heteroatoms. The van der Waals surface area contributed by atoms with Crippen LogP contribution in [-0.2, 0) is 9.84 Å². The molecule has 0 spiro atoms. The van der Waals surface area contributed by atoms with E-state index in [0.717, 1.165) is 16.8 Å². The summed E-state index contributed by atoms with van der Waals surface area (Å²) in [6.07, 6.45) is 0.702. The maximum absolute atomic E-state index is 12.3. The summed E-state index contributed by atoms with van der Waals surface area (Å²) in [5, 5.41) is 0. The van der Waals surface area contributed by atoms with E-state index in [4.69, 9.17) is 0 Å². The number of hydrogen-bond acceptors (Lipinski definition) is 3. The molecule has 0 atom stereocenters. The minimum absolute atomic E-state index is 0.214. The van der Waals surface area contributed by atoms with Crippen molar-refractivity contribution in [2.45, 2.75) is 25.2 Å². The van der Waals surface area contributed by atoms with E-state index < -0.39 is 9.84 Å². The fraction of sp³-hybridized carbons (Fsp3) is 0.235. The van der Waals surface area contributed by atoms with E-state index in [-0.39, 0.29) is 5.88 Å². The zero-order chi connectivity index (χ0) is 15.3. The number of nitrogens with zero attached hydrogens (tertiary/aromatic N) is 1. The summed E-state index contributed by atoms with van der Waals surface area (Å²) in [6, 6.07) is 16.5. The van der Waals surface area contributed by atoms with E-state index in [1.165, 1.54) is 0 Å². The summed E-state index contributed by atoms with van der Waals surface area (Å²) in [5.41, 5.74) is 2.82. The maximum atomic E-state index is 12.3. The van der Waals surface area contributed by atoms with Crippen LogP contribution in [-0.4, -0.2) is 20.0 Å². The van der Waals surface area contributed by atoms with Crippen LogP contribution in [0.3, 0.4) is 0 Å². The fourth-order valence-electron chi connectivity index (χ4n) is 2.02. The third-order valence-electron chi connectivity index (χ3n) is 3.25. The molecule has 0 saturated carbocycles. The Bertz CT molecular complexity index is 717. The zero-order valence-corrected chi connectivity index (χ0v) is 13.1. The molecule has 2 aromatic rings. The van der Waals surface area contributed by atoms with Crippen molar-refractivity contribution in [2.75, 3.05) is 5.88 Å². The normalized spacial score (nSPS) is 12.4. The average Bonchev–Trinajstić information content (AvgIpc) is 2.49. The number of sulfone groups is 1. The van der Waals surface area contributed by atoms with Crippen molar-refractivity contribution in [3.8, 4) is 0 Å². The van der Waals surface area contributed by atoms with Gasteiger partial charge in [0, 0.05) is 5.71 Å². The molecule has 0 fully saturated rings. The van der Waals surface area contributed by atoms with Crippen molar-refractivity contribution in [3.63, 3.8) is 0 Å². The SMILES string of the molecule is CCC(=NCS(=O)(=O)c1ccc(C)cc1)c1ccccc1. The molecule has 0 aliphatic rings. The molecule has 0 aliphatic heterocycles. The average molecular weight is 301 g/mol. The maximum Gasteiger partial charge on any atom is 0.198 e. The van der Waals surface area contributed by atoms with E-state index >= 15 is 0 Å². The number of hydrogen-bond donors (Lipinski definition) is 0. The summed E-state index contributed by atoms with van der Waals surface area (Å²) in [6.45, 7) is 3.91. The van der Waals surface area contributed by atoms with Gasteiger partial charge >= 0.3 is 0 Å². The molecule has 0 saturated heterocycles. The Morgan fingerprint density at radius 1 is 1.00 bits per heavy atom. The first kappa shape index (κ1) is 15.4. The van der Waals surface area contributed by atoms with Gasteiger partial charge in [-0.1, -0.05) is 55.0 Å². The molecular formula is C17H19NO2S. The van der Waals surface area contributed by atoms with Crippen molar-refractivity contribution in [2.24, 2.45) is 4.99 Å². The molecular weight excluding hydrogens is 282 g/mol. The van der Waals surface area contributed by atoms with Gasteiger partial charge in [-0.3, -0.25) is 4.99 Å². The minimum atomic E-state index is -3.38. The molecule has 2 aromatic carbocycles. The van der Waals surface area contributed by atoms with Crippen LogP contribution in [0.4, 0.5) is 0 Å². The molecule has 0 unspecified atom stereocenters. The van der Waals surface area contributed by atoms with Gasteiger partial charge in [-0.2, -0.15) is 0 Å². The smallest absolute Gasteiger partial charge is 0.198 e. The Kier molecular flexibility index (Phi) is 4.91. The molecule has 3 nitrogen and oxygen atoms in total. The highest BCUT2D eigenvalue weighted by Crippen LogP contribution is 2.13. The Labute approximate surface area is 126 Å². The second kappa shape index (κ2) is 6.68. The van der Waals surface area contributed by atoms with Crippen LogP contribution < -0.4 is 0 Å². The first-order valence-corrected chi connectivity index (χ1v) is 8.56. The van der Waals surface area contributed by atoms with E-state index in [1.807, 2.05) is 44.2 Å². The Morgan fingerprint density at radius 2 is 1.62 bits per heavy atom. The quantitative estimate of drug-likeness (QED) is 0.792. The summed E-state index contributed by atoms with van der Waals surface area (Å²) < 4.78 is 24.6. The lowest BCUT2D eigenvalue weighted by atomic mass is 10.1. The van der Waals surface area contributed by atoms with Gasteiger partial charge in [0.2, 0.25) is 0 Å². The lowest BCUT2D eigenvalue weighted by molar-refractivity contribution is 0.596. The molecule has 0 aliphatic carbocycles. The van der Waals surface area contributed by atoms with Gasteiger partial charge in [-0.25, -0.2) is 8.42 Å². The van der Waals surface area contributed by atoms with Gasteiger partial charge < -0.3 is 0 Å². The molecule has 0 radical (unpaired) electrons. The van der Waals surface area contributed by atoms with Crippen LogP contribution in [0.15, 0.2) is 64.5 Å². The van der Waals surface area contributed by atoms with Gasteiger partial charge in [-0.15, -0.1) is 0 Å². The molecule has 0 N–H and O–H groups in total. The molecule has 0 bridgehead atoms. The van der Waals surface area contributed by atoms with Crippen molar-refractivity contribution >= 4 is 15.5 Å². The van der Waals surface area contributed by atoms with E-state index in [1.54, 1.807) is 24.3 Å². The van der Waals surface area contributed by atoms with Crippen LogP contribution >= 0.6 is 0 Å². The van der Waals surface area contributed by atoms with E-state index in [9.17, 15) is 8.42 Å². The predicted molar refractivity (Wildman–Crippen MR) is 86.5 cm³/mol. The molecule has 2 rings (SSSR count). The van der Waals surface area contributed by atoms with Gasteiger partial charge in [0.25, 0.3) is 0 Å². The van der Waals surface area contributed by atoms with Gasteiger partial charge in [-0.05, 0) is 31.0 Å². The minimum Gasteiger partial charge on any atom is -0.273 e. The zero-order valence-electron chi connectivity index (χ0n) is 12.3. The van der Waals surface area contributed by atoms with Crippen molar-refractivity contribution in [3.05, 3.63) is 65.7 Å².